The molecule has 1 aromatic rings. The number of likely N-dealkylation sites (tertiary alicyclic amines) is 1. The van der Waals surface area contributed by atoms with Gasteiger partial charge in [0, 0.05) is 25.3 Å². The summed E-state index contributed by atoms with van der Waals surface area (Å²) in [6, 6.07) is 6.09. The second-order valence-electron chi connectivity index (χ2n) is 6.42. The molecule has 0 spiro atoms. The molecule has 1 heterocycles. The zero-order valence-electron chi connectivity index (χ0n) is 14.4. The van der Waals surface area contributed by atoms with E-state index in [4.69, 9.17) is 0 Å². The molecule has 5 nitrogen and oxygen atoms in total. The highest BCUT2D eigenvalue weighted by atomic mass is 16.3. The third kappa shape index (κ3) is 4.94. The highest BCUT2D eigenvalue weighted by Gasteiger charge is 2.26. The highest BCUT2D eigenvalue weighted by Crippen LogP contribution is 2.21. The van der Waals surface area contributed by atoms with Crippen LogP contribution in [-0.2, 0) is 4.79 Å². The van der Waals surface area contributed by atoms with E-state index in [-0.39, 0.29) is 11.8 Å². The van der Waals surface area contributed by atoms with Gasteiger partial charge in [0.1, 0.15) is 6.23 Å². The predicted molar refractivity (Wildman–Crippen MR) is 93.4 cm³/mol. The fourth-order valence-corrected chi connectivity index (χ4v) is 3.25. The highest BCUT2D eigenvalue weighted by molar-refractivity contribution is 5.78. The molecule has 0 radical (unpaired) electrons. The van der Waals surface area contributed by atoms with Crippen LogP contribution in [-0.4, -0.2) is 48.3 Å². The molecule has 1 aliphatic rings. The minimum absolute atomic E-state index is 0.0381. The van der Waals surface area contributed by atoms with E-state index in [1.54, 1.807) is 0 Å². The number of aliphatic hydroxyl groups excluding tert-OH is 1. The number of aryl methyl sites for hydroxylation is 2. The second kappa shape index (κ2) is 8.31. The summed E-state index contributed by atoms with van der Waals surface area (Å²) in [5, 5.41) is 16.5. The van der Waals surface area contributed by atoms with Crippen molar-refractivity contribution in [3.05, 3.63) is 29.3 Å². The molecule has 1 aliphatic heterocycles. The number of aliphatic hydroxyl groups is 1. The largest absolute Gasteiger partial charge is 0.372 e. The van der Waals surface area contributed by atoms with Gasteiger partial charge in [-0.15, -0.1) is 0 Å². The van der Waals surface area contributed by atoms with E-state index in [0.29, 0.717) is 13.1 Å². The number of piperidine rings is 1. The molecule has 0 aliphatic carbocycles. The second-order valence-corrected chi connectivity index (χ2v) is 6.42. The predicted octanol–water partition coefficient (Wildman–Crippen LogP) is 1.88. The lowest BCUT2D eigenvalue weighted by Crippen LogP contribution is -2.46. The first-order chi connectivity index (χ1) is 11.0. The fourth-order valence-electron chi connectivity index (χ4n) is 3.25. The molecule has 0 bridgehead atoms. The van der Waals surface area contributed by atoms with Crippen LogP contribution in [0.4, 0.5) is 5.69 Å². The zero-order valence-corrected chi connectivity index (χ0v) is 14.4. The number of rotatable bonds is 6. The van der Waals surface area contributed by atoms with Crippen LogP contribution in [0.3, 0.4) is 0 Å². The Balaban J connectivity index is 1.89. The number of carbonyl (C=O) groups excluding carboxylic acids is 1. The van der Waals surface area contributed by atoms with E-state index in [0.717, 1.165) is 42.7 Å². The molecule has 2 rings (SSSR count). The monoisotopic (exact) mass is 319 g/mol. The number of anilines is 1. The van der Waals surface area contributed by atoms with Gasteiger partial charge in [0.05, 0.1) is 5.92 Å². The SMILES string of the molecule is CCNC(=O)C1CCCN(CC(O)Nc2c(C)cccc2C)C1. The van der Waals surface area contributed by atoms with Gasteiger partial charge in [-0.05, 0) is 51.3 Å². The topological polar surface area (TPSA) is 64.6 Å². The summed E-state index contributed by atoms with van der Waals surface area (Å²) in [5.74, 6) is 0.172. The van der Waals surface area contributed by atoms with Crippen LogP contribution < -0.4 is 10.6 Å². The Morgan fingerprint density at radius 3 is 2.74 bits per heavy atom. The number of amides is 1. The Morgan fingerprint density at radius 2 is 2.09 bits per heavy atom. The van der Waals surface area contributed by atoms with Crippen molar-refractivity contribution in [1.82, 2.24) is 10.2 Å². The van der Waals surface area contributed by atoms with Crippen molar-refractivity contribution in [1.29, 1.82) is 0 Å². The number of carbonyl (C=O) groups is 1. The van der Waals surface area contributed by atoms with Crippen molar-refractivity contribution in [3.8, 4) is 0 Å². The van der Waals surface area contributed by atoms with Crippen molar-refractivity contribution in [2.24, 2.45) is 5.92 Å². The van der Waals surface area contributed by atoms with E-state index in [1.807, 2.05) is 39.0 Å². The molecular weight excluding hydrogens is 290 g/mol. The molecule has 1 amide bonds. The van der Waals surface area contributed by atoms with Crippen LogP contribution in [0.5, 0.6) is 0 Å². The Hall–Kier alpha value is -1.59. The Morgan fingerprint density at radius 1 is 1.39 bits per heavy atom. The standard InChI is InChI=1S/C18H29N3O2/c1-4-19-18(23)15-9-6-10-21(11-15)12-16(22)20-17-13(2)7-5-8-14(17)3/h5,7-8,15-16,20,22H,4,6,9-12H2,1-3H3,(H,19,23). The molecular formula is C18H29N3O2. The number of para-hydroxylation sites is 1. The molecule has 0 saturated carbocycles. The van der Waals surface area contributed by atoms with Gasteiger partial charge in [0.2, 0.25) is 5.91 Å². The molecule has 1 saturated heterocycles. The molecule has 1 fully saturated rings. The van der Waals surface area contributed by atoms with Crippen molar-refractivity contribution in [3.63, 3.8) is 0 Å². The third-order valence-electron chi connectivity index (χ3n) is 4.45. The summed E-state index contributed by atoms with van der Waals surface area (Å²) in [4.78, 5) is 14.2. The quantitative estimate of drug-likeness (QED) is 0.701. The lowest BCUT2D eigenvalue weighted by atomic mass is 9.97. The van der Waals surface area contributed by atoms with E-state index in [9.17, 15) is 9.90 Å². The average molecular weight is 319 g/mol. The van der Waals surface area contributed by atoms with Gasteiger partial charge < -0.3 is 15.7 Å². The number of nitrogens with one attached hydrogen (secondary N) is 2. The maximum atomic E-state index is 12.0. The zero-order chi connectivity index (χ0) is 16.8. The molecule has 1 aromatic carbocycles. The summed E-state index contributed by atoms with van der Waals surface area (Å²) >= 11 is 0. The summed E-state index contributed by atoms with van der Waals surface area (Å²) < 4.78 is 0. The van der Waals surface area contributed by atoms with Crippen LogP contribution in [0.15, 0.2) is 18.2 Å². The van der Waals surface area contributed by atoms with Gasteiger partial charge >= 0.3 is 0 Å². The lowest BCUT2D eigenvalue weighted by molar-refractivity contribution is -0.126. The molecule has 3 N–H and O–H groups in total. The van der Waals surface area contributed by atoms with Crippen LogP contribution >= 0.6 is 0 Å². The normalized spacial score (nSPS) is 20.1. The maximum Gasteiger partial charge on any atom is 0.224 e. The first-order valence-corrected chi connectivity index (χ1v) is 8.52. The van der Waals surface area contributed by atoms with Crippen LogP contribution in [0.25, 0.3) is 0 Å². The molecule has 2 atom stereocenters. The number of nitrogens with zero attached hydrogens (tertiary/aromatic N) is 1. The molecule has 128 valence electrons. The minimum Gasteiger partial charge on any atom is -0.372 e. The van der Waals surface area contributed by atoms with Gasteiger partial charge in [-0.3, -0.25) is 9.69 Å². The van der Waals surface area contributed by atoms with Crippen molar-refractivity contribution >= 4 is 11.6 Å². The van der Waals surface area contributed by atoms with E-state index in [1.165, 1.54) is 0 Å². The Kier molecular flexibility index (Phi) is 6.42. The molecule has 2 unspecified atom stereocenters. The van der Waals surface area contributed by atoms with Crippen molar-refractivity contribution in [2.45, 2.75) is 39.8 Å². The van der Waals surface area contributed by atoms with E-state index < -0.39 is 6.23 Å². The number of hydrogen-bond donors (Lipinski definition) is 3. The van der Waals surface area contributed by atoms with Gasteiger partial charge in [0.25, 0.3) is 0 Å². The fraction of sp³-hybridized carbons (Fsp3) is 0.611. The summed E-state index contributed by atoms with van der Waals surface area (Å²) in [6.45, 7) is 8.87. The van der Waals surface area contributed by atoms with Gasteiger partial charge in [-0.25, -0.2) is 0 Å². The maximum absolute atomic E-state index is 12.0. The average Bonchev–Trinajstić information content (AvgIpc) is 2.51. The Labute approximate surface area is 139 Å². The summed E-state index contributed by atoms with van der Waals surface area (Å²) in [5.41, 5.74) is 3.25. The lowest BCUT2D eigenvalue weighted by Gasteiger charge is -2.33. The smallest absolute Gasteiger partial charge is 0.224 e. The summed E-state index contributed by atoms with van der Waals surface area (Å²) in [6.07, 6.45) is 1.29. The number of β-amino-alcohol motifs (C(OH)–C–C–N with tert-alkyl or cyclic N) is 1. The molecule has 23 heavy (non-hydrogen) atoms. The number of benzene rings is 1. The number of hydrogen-bond acceptors (Lipinski definition) is 4. The third-order valence-corrected chi connectivity index (χ3v) is 4.45. The molecule has 0 aromatic heterocycles. The van der Waals surface area contributed by atoms with Crippen molar-refractivity contribution < 1.29 is 9.90 Å². The minimum atomic E-state index is -0.636. The van der Waals surface area contributed by atoms with Gasteiger partial charge in [-0.1, -0.05) is 18.2 Å². The van der Waals surface area contributed by atoms with Crippen molar-refractivity contribution in [2.75, 3.05) is 31.5 Å². The summed E-state index contributed by atoms with van der Waals surface area (Å²) in [7, 11) is 0. The first kappa shape index (κ1) is 17.8. The molecule has 5 heteroatoms. The van der Waals surface area contributed by atoms with Gasteiger partial charge in [-0.2, -0.15) is 0 Å². The first-order valence-electron chi connectivity index (χ1n) is 8.52. The van der Waals surface area contributed by atoms with Gasteiger partial charge in [0.15, 0.2) is 0 Å². The van der Waals surface area contributed by atoms with E-state index >= 15 is 0 Å². The van der Waals surface area contributed by atoms with Crippen LogP contribution in [0.2, 0.25) is 0 Å². The van der Waals surface area contributed by atoms with Crippen LogP contribution in [0, 0.1) is 19.8 Å². The van der Waals surface area contributed by atoms with E-state index in [2.05, 4.69) is 15.5 Å². The van der Waals surface area contributed by atoms with Crippen LogP contribution in [0.1, 0.15) is 30.9 Å². The Bertz CT molecular complexity index is 513.